The Morgan fingerprint density at radius 1 is 1.29 bits per heavy atom. The average Bonchev–Trinajstić information content (AvgIpc) is 2.25. The fraction of sp³-hybridized carbons (Fsp3) is 0.417. The lowest BCUT2D eigenvalue weighted by Gasteiger charge is -2.24. The van der Waals surface area contributed by atoms with Crippen LogP contribution in [-0.4, -0.2) is 44.1 Å². The molecule has 0 saturated heterocycles. The molecule has 1 aromatic carbocycles. The zero-order valence-corrected chi connectivity index (χ0v) is 12.0. The molecule has 0 aliphatic rings. The Labute approximate surface area is 113 Å². The van der Waals surface area contributed by atoms with Crippen LogP contribution in [-0.2, 0) is 0 Å². The maximum absolute atomic E-state index is 6.01. The van der Waals surface area contributed by atoms with Gasteiger partial charge in [-0.15, -0.1) is 0 Å². The molecule has 0 atom stereocenters. The molecule has 0 unspecified atom stereocenters. The van der Waals surface area contributed by atoms with Gasteiger partial charge in [0.05, 0.1) is 0 Å². The average molecular weight is 272 g/mol. The molecule has 0 heterocycles. The number of nitrogens with two attached hydrogens (primary N) is 1. The summed E-state index contributed by atoms with van der Waals surface area (Å²) in [5.41, 5.74) is 7.55. The summed E-state index contributed by atoms with van der Waals surface area (Å²) in [6, 6.07) is 5.57. The van der Waals surface area contributed by atoms with Crippen LogP contribution in [0.3, 0.4) is 0 Å². The van der Waals surface area contributed by atoms with Gasteiger partial charge < -0.3 is 15.5 Å². The third kappa shape index (κ3) is 4.15. The Balaban J connectivity index is 2.94. The highest BCUT2D eigenvalue weighted by Crippen LogP contribution is 2.24. The molecule has 1 aromatic rings. The van der Waals surface area contributed by atoms with Crippen molar-refractivity contribution in [3.63, 3.8) is 0 Å². The fourth-order valence-electron chi connectivity index (χ4n) is 1.50. The van der Waals surface area contributed by atoms with Crippen molar-refractivity contribution >= 4 is 34.5 Å². The van der Waals surface area contributed by atoms with Gasteiger partial charge in [-0.2, -0.15) is 0 Å². The third-order valence-electron chi connectivity index (χ3n) is 2.52. The lowest BCUT2D eigenvalue weighted by atomic mass is 10.1. The summed E-state index contributed by atoms with van der Waals surface area (Å²) in [7, 11) is 6.09. The lowest BCUT2D eigenvalue weighted by molar-refractivity contribution is 0.416. The monoisotopic (exact) mass is 271 g/mol. The van der Waals surface area contributed by atoms with Crippen LogP contribution in [0.1, 0.15) is 5.56 Å². The summed E-state index contributed by atoms with van der Waals surface area (Å²) in [5, 5.41) is 0.691. The number of hydrogen-bond acceptors (Lipinski definition) is 3. The molecule has 17 heavy (non-hydrogen) atoms. The van der Waals surface area contributed by atoms with Crippen molar-refractivity contribution in [1.82, 2.24) is 4.90 Å². The summed E-state index contributed by atoms with van der Waals surface area (Å²) in [4.78, 5) is 4.63. The van der Waals surface area contributed by atoms with Gasteiger partial charge >= 0.3 is 0 Å². The van der Waals surface area contributed by atoms with E-state index in [9.17, 15) is 0 Å². The Bertz CT molecular complexity index is 407. The second-order valence-corrected chi connectivity index (χ2v) is 5.13. The topological polar surface area (TPSA) is 32.5 Å². The van der Waals surface area contributed by atoms with E-state index in [1.807, 2.05) is 33.3 Å². The van der Waals surface area contributed by atoms with Crippen molar-refractivity contribution in [2.24, 2.45) is 5.73 Å². The van der Waals surface area contributed by atoms with Gasteiger partial charge in [-0.05, 0) is 32.3 Å². The predicted octanol–water partition coefficient (Wildman–Crippen LogP) is 1.97. The number of benzene rings is 1. The minimum absolute atomic E-state index is 0.397. The second-order valence-electron chi connectivity index (χ2n) is 4.25. The van der Waals surface area contributed by atoms with E-state index in [1.54, 1.807) is 6.07 Å². The smallest absolute Gasteiger partial charge is 0.106 e. The van der Waals surface area contributed by atoms with E-state index in [0.717, 1.165) is 24.3 Å². The first-order valence-electron chi connectivity index (χ1n) is 5.37. The first-order chi connectivity index (χ1) is 7.91. The van der Waals surface area contributed by atoms with E-state index in [2.05, 4.69) is 9.80 Å². The molecule has 2 N–H and O–H groups in total. The van der Waals surface area contributed by atoms with Crippen LogP contribution in [0.15, 0.2) is 18.2 Å². The van der Waals surface area contributed by atoms with Gasteiger partial charge in [-0.3, -0.25) is 0 Å². The number of rotatable bonds is 5. The first kappa shape index (κ1) is 14.2. The summed E-state index contributed by atoms with van der Waals surface area (Å²) >= 11 is 11.1. The molecule has 0 bridgehead atoms. The minimum atomic E-state index is 0.397. The molecule has 1 rings (SSSR count). The minimum Gasteiger partial charge on any atom is -0.389 e. The summed E-state index contributed by atoms with van der Waals surface area (Å²) < 4.78 is 0. The fourth-order valence-corrected chi connectivity index (χ4v) is 1.84. The van der Waals surface area contributed by atoms with Crippen molar-refractivity contribution in [1.29, 1.82) is 0 Å². The van der Waals surface area contributed by atoms with Crippen LogP contribution < -0.4 is 10.6 Å². The second kappa shape index (κ2) is 6.19. The zero-order valence-electron chi connectivity index (χ0n) is 10.4. The SMILES string of the molecule is CN(C)CCN(C)c1cc(Cl)ccc1C(N)=S. The number of hydrogen-bond donors (Lipinski definition) is 1. The maximum Gasteiger partial charge on any atom is 0.106 e. The van der Waals surface area contributed by atoms with E-state index in [0.29, 0.717) is 10.0 Å². The summed E-state index contributed by atoms with van der Waals surface area (Å²) in [6.45, 7) is 1.85. The third-order valence-corrected chi connectivity index (χ3v) is 2.97. The van der Waals surface area contributed by atoms with Crippen LogP contribution >= 0.6 is 23.8 Å². The quantitative estimate of drug-likeness (QED) is 0.830. The highest BCUT2D eigenvalue weighted by molar-refractivity contribution is 7.80. The van der Waals surface area contributed by atoms with E-state index < -0.39 is 0 Å². The van der Waals surface area contributed by atoms with Crippen LogP contribution in [0, 0.1) is 0 Å². The molecule has 0 aliphatic heterocycles. The standard InChI is InChI=1S/C12H18ClN3S/c1-15(2)6-7-16(3)11-8-9(13)4-5-10(11)12(14)17/h4-5,8H,6-7H2,1-3H3,(H2,14,17). The molecule has 0 spiro atoms. The number of likely N-dealkylation sites (N-methyl/N-ethyl adjacent to an activating group) is 2. The molecule has 0 radical (unpaired) electrons. The van der Waals surface area contributed by atoms with Crippen molar-refractivity contribution in [2.45, 2.75) is 0 Å². The van der Waals surface area contributed by atoms with Crippen LogP contribution in [0.5, 0.6) is 0 Å². The Hall–Kier alpha value is -0.840. The molecule has 5 heteroatoms. The zero-order chi connectivity index (χ0) is 13.0. The van der Waals surface area contributed by atoms with Crippen molar-refractivity contribution in [2.75, 3.05) is 39.1 Å². The summed E-state index contributed by atoms with van der Waals surface area (Å²) in [5.74, 6) is 0. The first-order valence-corrected chi connectivity index (χ1v) is 6.15. The molecular formula is C12H18ClN3S. The van der Waals surface area contributed by atoms with Gasteiger partial charge in [-0.1, -0.05) is 23.8 Å². The number of thiocarbonyl (C=S) groups is 1. The van der Waals surface area contributed by atoms with Crippen molar-refractivity contribution in [3.05, 3.63) is 28.8 Å². The lowest BCUT2D eigenvalue weighted by Crippen LogP contribution is -2.30. The van der Waals surface area contributed by atoms with Gasteiger partial charge in [0, 0.05) is 36.4 Å². The van der Waals surface area contributed by atoms with Gasteiger partial charge in [0.25, 0.3) is 0 Å². The predicted molar refractivity (Wildman–Crippen MR) is 79.2 cm³/mol. The van der Waals surface area contributed by atoms with E-state index in [-0.39, 0.29) is 0 Å². The van der Waals surface area contributed by atoms with Gasteiger partial charge in [0.2, 0.25) is 0 Å². The highest BCUT2D eigenvalue weighted by Gasteiger charge is 2.10. The van der Waals surface area contributed by atoms with Gasteiger partial charge in [0.15, 0.2) is 0 Å². The molecule has 3 nitrogen and oxygen atoms in total. The van der Waals surface area contributed by atoms with Gasteiger partial charge in [-0.25, -0.2) is 0 Å². The summed E-state index contributed by atoms with van der Waals surface area (Å²) in [6.07, 6.45) is 0. The van der Waals surface area contributed by atoms with Crippen molar-refractivity contribution < 1.29 is 0 Å². The van der Waals surface area contributed by atoms with Crippen molar-refractivity contribution in [3.8, 4) is 0 Å². The Morgan fingerprint density at radius 2 is 1.94 bits per heavy atom. The molecule has 0 aromatic heterocycles. The van der Waals surface area contributed by atoms with E-state index >= 15 is 0 Å². The molecule has 0 amide bonds. The molecule has 0 aliphatic carbocycles. The molecule has 0 fully saturated rings. The van der Waals surface area contributed by atoms with E-state index in [1.165, 1.54) is 0 Å². The maximum atomic E-state index is 6.01. The normalized spacial score (nSPS) is 10.6. The van der Waals surface area contributed by atoms with Gasteiger partial charge in [0.1, 0.15) is 4.99 Å². The van der Waals surface area contributed by atoms with E-state index in [4.69, 9.17) is 29.6 Å². The molecule has 94 valence electrons. The Kier molecular flexibility index (Phi) is 5.18. The van der Waals surface area contributed by atoms with Crippen LogP contribution in [0.4, 0.5) is 5.69 Å². The van der Waals surface area contributed by atoms with Crippen LogP contribution in [0.2, 0.25) is 5.02 Å². The van der Waals surface area contributed by atoms with Crippen LogP contribution in [0.25, 0.3) is 0 Å². The largest absolute Gasteiger partial charge is 0.389 e. The Morgan fingerprint density at radius 3 is 2.47 bits per heavy atom. The molecular weight excluding hydrogens is 254 g/mol. The number of anilines is 1. The number of nitrogens with zero attached hydrogens (tertiary/aromatic N) is 2. The highest BCUT2D eigenvalue weighted by atomic mass is 35.5. The number of halogens is 1. The molecule has 0 saturated carbocycles.